The first-order valence-corrected chi connectivity index (χ1v) is 9.09. The van der Waals surface area contributed by atoms with Crippen LogP contribution in [0.1, 0.15) is 38.6 Å². The van der Waals surface area contributed by atoms with Gasteiger partial charge in [-0.25, -0.2) is 4.98 Å². The molecular formula is C17H25N3OS. The predicted molar refractivity (Wildman–Crippen MR) is 93.2 cm³/mol. The molecule has 1 heterocycles. The van der Waals surface area contributed by atoms with Crippen molar-refractivity contribution in [3.63, 3.8) is 0 Å². The normalized spacial score (nSPS) is 26.1. The quantitative estimate of drug-likeness (QED) is 0.859. The van der Waals surface area contributed by atoms with Gasteiger partial charge in [0, 0.05) is 18.8 Å². The van der Waals surface area contributed by atoms with Crippen LogP contribution in [0.4, 0.5) is 0 Å². The van der Waals surface area contributed by atoms with Gasteiger partial charge in [-0.3, -0.25) is 0 Å². The Morgan fingerprint density at radius 1 is 1.50 bits per heavy atom. The fourth-order valence-electron chi connectivity index (χ4n) is 3.21. The Balaban J connectivity index is 1.69. The maximum absolute atomic E-state index is 10.7. The minimum Gasteiger partial charge on any atom is -0.387 e. The monoisotopic (exact) mass is 319 g/mol. The third-order valence-electron chi connectivity index (χ3n) is 4.73. The first kappa shape index (κ1) is 15.8. The van der Waals surface area contributed by atoms with Gasteiger partial charge in [-0.2, -0.15) is 11.8 Å². The van der Waals surface area contributed by atoms with Gasteiger partial charge in [0.1, 0.15) is 5.82 Å². The molecule has 1 aromatic heterocycles. The topological polar surface area (TPSA) is 50.1 Å². The Hall–Kier alpha value is -1.04. The number of nitrogens with one attached hydrogen (secondary N) is 1. The first-order chi connectivity index (χ1) is 10.5. The second-order valence-corrected chi connectivity index (χ2v) is 7.69. The van der Waals surface area contributed by atoms with Crippen molar-refractivity contribution in [3.05, 3.63) is 30.1 Å². The van der Waals surface area contributed by atoms with Crippen LogP contribution in [0.3, 0.4) is 0 Å². The lowest BCUT2D eigenvalue weighted by Gasteiger charge is -2.45. The molecule has 0 unspecified atom stereocenters. The van der Waals surface area contributed by atoms with E-state index in [2.05, 4.69) is 36.8 Å². The van der Waals surface area contributed by atoms with Crippen LogP contribution in [-0.2, 0) is 7.05 Å². The molecule has 0 bridgehead atoms. The Bertz CT molecular complexity index is 656. The van der Waals surface area contributed by atoms with Crippen LogP contribution in [0.25, 0.3) is 11.0 Å². The van der Waals surface area contributed by atoms with Crippen LogP contribution in [0.5, 0.6) is 0 Å². The van der Waals surface area contributed by atoms with Crippen molar-refractivity contribution in [1.82, 2.24) is 14.9 Å². The SMILES string of the molecule is CCS[C@@H]1CC[C@]1(O)CN[C@H](C)c1nc2ccccc2n1C. The van der Waals surface area contributed by atoms with E-state index < -0.39 is 5.60 Å². The Morgan fingerprint density at radius 3 is 2.91 bits per heavy atom. The highest BCUT2D eigenvalue weighted by molar-refractivity contribution is 8.00. The highest BCUT2D eigenvalue weighted by Gasteiger charge is 2.45. The number of aryl methyl sites for hydroxylation is 1. The molecular weight excluding hydrogens is 294 g/mol. The summed E-state index contributed by atoms with van der Waals surface area (Å²) in [6.45, 7) is 4.90. The van der Waals surface area contributed by atoms with E-state index in [9.17, 15) is 5.11 Å². The van der Waals surface area contributed by atoms with E-state index in [0.29, 0.717) is 11.8 Å². The third kappa shape index (κ3) is 2.77. The second-order valence-electron chi connectivity index (χ2n) is 6.21. The van der Waals surface area contributed by atoms with E-state index in [4.69, 9.17) is 4.98 Å². The minimum atomic E-state index is -0.556. The van der Waals surface area contributed by atoms with Gasteiger partial charge >= 0.3 is 0 Å². The van der Waals surface area contributed by atoms with Gasteiger partial charge in [0.25, 0.3) is 0 Å². The second kappa shape index (κ2) is 6.22. The molecule has 2 aromatic rings. The van der Waals surface area contributed by atoms with Gasteiger partial charge in [-0.15, -0.1) is 0 Å². The number of hydrogen-bond acceptors (Lipinski definition) is 4. The Labute approximate surface area is 136 Å². The zero-order chi connectivity index (χ0) is 15.7. The molecule has 4 nitrogen and oxygen atoms in total. The van der Waals surface area contributed by atoms with Crippen molar-refractivity contribution in [1.29, 1.82) is 0 Å². The van der Waals surface area contributed by atoms with Crippen molar-refractivity contribution >= 4 is 22.8 Å². The van der Waals surface area contributed by atoms with Crippen molar-refractivity contribution in [3.8, 4) is 0 Å². The summed E-state index contributed by atoms with van der Waals surface area (Å²) in [4.78, 5) is 4.73. The molecule has 0 saturated heterocycles. The zero-order valence-electron chi connectivity index (χ0n) is 13.5. The maximum Gasteiger partial charge on any atom is 0.126 e. The van der Waals surface area contributed by atoms with E-state index in [1.165, 1.54) is 0 Å². The summed E-state index contributed by atoms with van der Waals surface area (Å²) >= 11 is 1.87. The number of aromatic nitrogens is 2. The van der Waals surface area contributed by atoms with E-state index in [0.717, 1.165) is 35.5 Å². The van der Waals surface area contributed by atoms with E-state index >= 15 is 0 Å². The third-order valence-corrected chi connectivity index (χ3v) is 6.14. The average Bonchev–Trinajstić information content (AvgIpc) is 2.86. The van der Waals surface area contributed by atoms with Gasteiger partial charge in [0.15, 0.2) is 0 Å². The predicted octanol–water partition coefficient (Wildman–Crippen LogP) is 2.87. The Kier molecular flexibility index (Phi) is 4.48. The summed E-state index contributed by atoms with van der Waals surface area (Å²) in [7, 11) is 2.05. The van der Waals surface area contributed by atoms with Gasteiger partial charge in [0.05, 0.1) is 22.7 Å². The molecule has 1 saturated carbocycles. The van der Waals surface area contributed by atoms with Crippen LogP contribution in [0.2, 0.25) is 0 Å². The van der Waals surface area contributed by atoms with Crippen LogP contribution in [-0.4, -0.2) is 37.8 Å². The summed E-state index contributed by atoms with van der Waals surface area (Å²) in [6.07, 6.45) is 2.02. The molecule has 3 rings (SSSR count). The van der Waals surface area contributed by atoms with E-state index in [1.807, 2.05) is 30.0 Å². The van der Waals surface area contributed by atoms with Crippen LogP contribution < -0.4 is 5.32 Å². The number of benzene rings is 1. The number of nitrogens with zero attached hydrogens (tertiary/aromatic N) is 2. The number of para-hydroxylation sites is 2. The lowest BCUT2D eigenvalue weighted by Crippen LogP contribution is -2.56. The summed E-state index contributed by atoms with van der Waals surface area (Å²) in [5, 5.41) is 14.6. The Morgan fingerprint density at radius 2 is 2.27 bits per heavy atom. The van der Waals surface area contributed by atoms with Crippen molar-refractivity contribution in [2.75, 3.05) is 12.3 Å². The fraction of sp³-hybridized carbons (Fsp3) is 0.588. The lowest BCUT2D eigenvalue weighted by molar-refractivity contribution is -0.0251. The van der Waals surface area contributed by atoms with Crippen LogP contribution in [0.15, 0.2) is 24.3 Å². The van der Waals surface area contributed by atoms with Gasteiger partial charge < -0.3 is 15.0 Å². The molecule has 0 amide bonds. The molecule has 2 N–H and O–H groups in total. The summed E-state index contributed by atoms with van der Waals surface area (Å²) < 4.78 is 2.14. The molecule has 1 fully saturated rings. The molecule has 0 aliphatic heterocycles. The highest BCUT2D eigenvalue weighted by atomic mass is 32.2. The van der Waals surface area contributed by atoms with Gasteiger partial charge in [0.2, 0.25) is 0 Å². The summed E-state index contributed by atoms with van der Waals surface area (Å²) in [5.41, 5.74) is 1.61. The fourth-order valence-corrected chi connectivity index (χ4v) is 4.41. The highest BCUT2D eigenvalue weighted by Crippen LogP contribution is 2.41. The lowest BCUT2D eigenvalue weighted by atomic mass is 9.79. The standard InChI is InChI=1S/C17H25N3OS/c1-4-22-15-9-10-17(15,21)11-18-12(2)16-19-13-7-5-6-8-14(13)20(16)3/h5-8,12,15,18,21H,4,9-11H2,1-3H3/t12-,15-,17+/m1/s1. The number of fused-ring (bicyclic) bond motifs is 1. The molecule has 1 aliphatic rings. The number of imidazole rings is 1. The zero-order valence-corrected chi connectivity index (χ0v) is 14.4. The van der Waals surface area contributed by atoms with Gasteiger partial charge in [-0.05, 0) is 37.7 Å². The van der Waals surface area contributed by atoms with Crippen LogP contribution >= 0.6 is 11.8 Å². The average molecular weight is 319 g/mol. The number of hydrogen-bond donors (Lipinski definition) is 2. The summed E-state index contributed by atoms with van der Waals surface area (Å²) in [6, 6.07) is 8.30. The maximum atomic E-state index is 10.7. The molecule has 0 radical (unpaired) electrons. The van der Waals surface area contributed by atoms with E-state index in [1.54, 1.807) is 0 Å². The molecule has 1 aromatic carbocycles. The molecule has 0 spiro atoms. The largest absolute Gasteiger partial charge is 0.387 e. The molecule has 5 heteroatoms. The van der Waals surface area contributed by atoms with Crippen molar-refractivity contribution in [2.45, 2.75) is 43.6 Å². The van der Waals surface area contributed by atoms with Crippen LogP contribution in [0, 0.1) is 0 Å². The first-order valence-electron chi connectivity index (χ1n) is 8.04. The molecule has 1 aliphatic carbocycles. The molecule has 3 atom stereocenters. The molecule has 22 heavy (non-hydrogen) atoms. The van der Waals surface area contributed by atoms with Crippen molar-refractivity contribution in [2.24, 2.45) is 7.05 Å². The number of rotatable bonds is 6. The minimum absolute atomic E-state index is 0.120. The smallest absolute Gasteiger partial charge is 0.126 e. The number of aliphatic hydroxyl groups is 1. The van der Waals surface area contributed by atoms with Crippen molar-refractivity contribution < 1.29 is 5.11 Å². The number of thioether (sulfide) groups is 1. The van der Waals surface area contributed by atoms with E-state index in [-0.39, 0.29) is 6.04 Å². The molecule has 120 valence electrons. The summed E-state index contributed by atoms with van der Waals surface area (Å²) in [5.74, 6) is 2.08. The van der Waals surface area contributed by atoms with Gasteiger partial charge in [-0.1, -0.05) is 19.1 Å².